The van der Waals surface area contributed by atoms with Crippen molar-refractivity contribution in [3.63, 3.8) is 0 Å². The van der Waals surface area contributed by atoms with Crippen LogP contribution in [-0.2, 0) is 34.4 Å². The molecule has 0 aromatic heterocycles. The lowest BCUT2D eigenvalue weighted by Crippen LogP contribution is -2.38. The molecule has 0 bridgehead atoms. The molecule has 0 saturated carbocycles. The van der Waals surface area contributed by atoms with E-state index >= 15 is 4.57 Å². The van der Waals surface area contributed by atoms with Crippen molar-refractivity contribution in [1.29, 1.82) is 0 Å². The van der Waals surface area contributed by atoms with Crippen molar-refractivity contribution in [2.75, 3.05) is 19.8 Å². The molecular weight excluding hydrogens is 888 g/mol. The highest BCUT2D eigenvalue weighted by atomic mass is 31.2. The Morgan fingerprint density at radius 2 is 0.507 bits per heavy atom. The third-order valence-corrected chi connectivity index (χ3v) is 17.8. The number of rotatable bonds is 27. The zero-order valence-electron chi connectivity index (χ0n) is 45.7. The predicted octanol–water partition coefficient (Wildman–Crippen LogP) is 18.4. The zero-order chi connectivity index (χ0) is 51.2. The Morgan fingerprint density at radius 1 is 0.338 bits per heavy atom. The highest BCUT2D eigenvalue weighted by Crippen LogP contribution is 2.56. The second-order valence-electron chi connectivity index (χ2n) is 21.7. The fourth-order valence-corrected chi connectivity index (χ4v) is 12.2. The zero-order valence-corrected chi connectivity index (χ0v) is 46.5. The summed E-state index contributed by atoms with van der Waals surface area (Å²) in [5.41, 5.74) is 13.2. The van der Waals surface area contributed by atoms with Crippen LogP contribution in [0.3, 0.4) is 0 Å². The molecule has 6 aromatic carbocycles. The molecule has 3 atom stereocenters. The summed E-state index contributed by atoms with van der Waals surface area (Å²) < 4.78 is 37.5. The van der Waals surface area contributed by atoms with E-state index in [2.05, 4.69) is 229 Å². The first-order valence-corrected chi connectivity index (χ1v) is 28.4. The van der Waals surface area contributed by atoms with Crippen molar-refractivity contribution >= 4 is 7.82 Å². The predicted molar refractivity (Wildman–Crippen MR) is 301 cm³/mol. The van der Waals surface area contributed by atoms with Crippen LogP contribution in [0.4, 0.5) is 0 Å². The molecule has 5 heteroatoms. The minimum atomic E-state index is -4.28. The van der Waals surface area contributed by atoms with Gasteiger partial charge in [-0.1, -0.05) is 259 Å². The van der Waals surface area contributed by atoms with Gasteiger partial charge in [0.25, 0.3) is 0 Å². The Bertz CT molecular complexity index is 2140. The third kappa shape index (κ3) is 13.5. The fourth-order valence-electron chi connectivity index (χ4n) is 10.9. The van der Waals surface area contributed by atoms with Gasteiger partial charge in [0.2, 0.25) is 0 Å². The highest BCUT2D eigenvalue weighted by molar-refractivity contribution is 7.48. The highest BCUT2D eigenvalue weighted by Gasteiger charge is 2.44. The molecule has 3 unspecified atom stereocenters. The van der Waals surface area contributed by atoms with E-state index in [0.29, 0.717) is 0 Å². The van der Waals surface area contributed by atoms with Gasteiger partial charge in [-0.25, -0.2) is 4.57 Å². The van der Waals surface area contributed by atoms with E-state index in [4.69, 9.17) is 13.6 Å². The Hall–Kier alpha value is -4.57. The maximum absolute atomic E-state index is 16.3. The molecule has 0 radical (unpaired) electrons. The number of benzene rings is 6. The molecule has 0 fully saturated rings. The molecule has 6 aromatic rings. The number of phosphoric acid groups is 1. The quantitative estimate of drug-likeness (QED) is 0.0483. The van der Waals surface area contributed by atoms with Crippen LogP contribution >= 0.6 is 7.82 Å². The maximum atomic E-state index is 16.3. The molecule has 0 amide bonds. The molecule has 71 heavy (non-hydrogen) atoms. The van der Waals surface area contributed by atoms with Crippen LogP contribution in [0.5, 0.6) is 0 Å². The average Bonchev–Trinajstić information content (AvgIpc) is 3.37. The van der Waals surface area contributed by atoms with Crippen LogP contribution in [-0.4, -0.2) is 19.8 Å². The van der Waals surface area contributed by atoms with Gasteiger partial charge in [0, 0.05) is 16.2 Å². The summed E-state index contributed by atoms with van der Waals surface area (Å²) in [6.07, 6.45) is 8.74. The van der Waals surface area contributed by atoms with E-state index in [1.165, 1.54) is 66.8 Å². The van der Waals surface area contributed by atoms with Gasteiger partial charge in [0.05, 0.1) is 19.8 Å². The Kier molecular flexibility index (Phi) is 19.9. The molecule has 380 valence electrons. The molecular formula is C66H87O4P. The molecule has 0 saturated heterocycles. The maximum Gasteiger partial charge on any atom is 0.474 e. The lowest BCUT2D eigenvalue weighted by Gasteiger charge is -2.42. The van der Waals surface area contributed by atoms with Crippen LogP contribution in [0.15, 0.2) is 146 Å². The van der Waals surface area contributed by atoms with E-state index < -0.39 is 24.1 Å². The average molecular weight is 975 g/mol. The normalized spacial score (nSPS) is 14.5. The van der Waals surface area contributed by atoms with E-state index in [-0.39, 0.29) is 37.6 Å². The lowest BCUT2D eigenvalue weighted by atomic mass is 9.66. The SMILES string of the molecule is CCCCC(COP(=O)(OCC(CCCC)C(C)(c1ccc(C)cc1)c1ccc(C)cc1)OCC(CCCC)C(C)(c1ccc(C)cc1)c1ccc(C)cc1)C(C)(c1ccc(C)cc1)c1ccc(C)cc1. The van der Waals surface area contributed by atoms with Gasteiger partial charge in [-0.05, 0) is 112 Å². The number of unbranched alkanes of at least 4 members (excludes halogenated alkanes) is 3. The van der Waals surface area contributed by atoms with Crippen LogP contribution in [0.2, 0.25) is 0 Å². The summed E-state index contributed by atoms with van der Waals surface area (Å²) in [6, 6.07) is 53.8. The molecule has 0 heterocycles. The molecule has 0 aliphatic heterocycles. The summed E-state index contributed by atoms with van der Waals surface area (Å²) in [5, 5.41) is 0. The number of aryl methyl sites for hydroxylation is 6. The summed E-state index contributed by atoms with van der Waals surface area (Å²) in [7, 11) is -4.28. The first-order valence-electron chi connectivity index (χ1n) is 27.0. The topological polar surface area (TPSA) is 44.8 Å². The molecule has 6 rings (SSSR count). The van der Waals surface area contributed by atoms with Gasteiger partial charge in [-0.2, -0.15) is 0 Å². The Labute approximate surface area is 431 Å². The third-order valence-electron chi connectivity index (χ3n) is 16.4. The Morgan fingerprint density at radius 3 is 0.662 bits per heavy atom. The van der Waals surface area contributed by atoms with Crippen LogP contribution < -0.4 is 0 Å². The second-order valence-corrected chi connectivity index (χ2v) is 23.3. The van der Waals surface area contributed by atoms with Gasteiger partial charge in [-0.3, -0.25) is 13.6 Å². The lowest BCUT2D eigenvalue weighted by molar-refractivity contribution is 0.0535. The Balaban J connectivity index is 1.47. The minimum Gasteiger partial charge on any atom is -0.287 e. The smallest absolute Gasteiger partial charge is 0.287 e. The van der Waals surface area contributed by atoms with E-state index in [0.717, 1.165) is 57.8 Å². The van der Waals surface area contributed by atoms with Crippen molar-refractivity contribution in [1.82, 2.24) is 0 Å². The van der Waals surface area contributed by atoms with Gasteiger partial charge in [-0.15, -0.1) is 0 Å². The second kappa shape index (κ2) is 25.4. The summed E-state index contributed by atoms with van der Waals surface area (Å²) in [4.78, 5) is 0. The molecule has 0 N–H and O–H groups in total. The van der Waals surface area contributed by atoms with Crippen LogP contribution in [0.1, 0.15) is 166 Å². The number of hydrogen-bond donors (Lipinski definition) is 0. The van der Waals surface area contributed by atoms with Gasteiger partial charge >= 0.3 is 7.82 Å². The summed E-state index contributed by atoms with van der Waals surface area (Å²) in [6.45, 7) is 27.2. The fraction of sp³-hybridized carbons (Fsp3) is 0.455. The van der Waals surface area contributed by atoms with Crippen molar-refractivity contribution in [2.45, 2.75) is 157 Å². The van der Waals surface area contributed by atoms with Crippen molar-refractivity contribution in [3.8, 4) is 0 Å². The molecule has 0 aliphatic carbocycles. The summed E-state index contributed by atoms with van der Waals surface area (Å²) in [5.74, 6) is -0.136. The van der Waals surface area contributed by atoms with Crippen molar-refractivity contribution in [3.05, 3.63) is 212 Å². The molecule has 0 aliphatic rings. The van der Waals surface area contributed by atoms with Gasteiger partial charge in [0.1, 0.15) is 0 Å². The van der Waals surface area contributed by atoms with Crippen LogP contribution in [0, 0.1) is 59.3 Å². The van der Waals surface area contributed by atoms with Gasteiger partial charge in [0.15, 0.2) is 0 Å². The standard InChI is InChI=1S/C66H87O4P/c1-13-16-19-61(64(10,55-34-22-49(4)23-35-55)56-36-24-50(5)25-37-56)46-68-71(67,69-47-62(20-17-14-2)65(11,57-38-26-51(6)27-39-57)58-40-28-52(7)29-41-58)70-48-63(21-18-15-3)66(12,59-42-30-53(8)31-43-59)60-44-32-54(9)33-45-60/h22-45,61-63H,13-21,46-48H2,1-12H3. The van der Waals surface area contributed by atoms with E-state index in [1.54, 1.807) is 0 Å². The summed E-state index contributed by atoms with van der Waals surface area (Å²) >= 11 is 0. The molecule has 4 nitrogen and oxygen atoms in total. The first-order chi connectivity index (χ1) is 34.0. The van der Waals surface area contributed by atoms with Crippen molar-refractivity contribution < 1.29 is 18.1 Å². The van der Waals surface area contributed by atoms with Gasteiger partial charge < -0.3 is 0 Å². The minimum absolute atomic E-state index is 0.0454. The number of phosphoric ester groups is 1. The monoisotopic (exact) mass is 975 g/mol. The number of hydrogen-bond acceptors (Lipinski definition) is 4. The van der Waals surface area contributed by atoms with Crippen molar-refractivity contribution in [2.24, 2.45) is 17.8 Å². The van der Waals surface area contributed by atoms with E-state index in [9.17, 15) is 0 Å². The molecule has 0 spiro atoms. The van der Waals surface area contributed by atoms with E-state index in [1.807, 2.05) is 0 Å². The largest absolute Gasteiger partial charge is 0.474 e. The first kappa shape index (κ1) is 55.7. The van der Waals surface area contributed by atoms with Crippen LogP contribution in [0.25, 0.3) is 0 Å².